The third-order valence-corrected chi connectivity index (χ3v) is 0. The van der Waals surface area contributed by atoms with Crippen LogP contribution < -0.4 is 0 Å². The minimum absolute atomic E-state index is 0. The van der Waals surface area contributed by atoms with Crippen LogP contribution in [-0.2, 0) is 0 Å². The molecule has 0 amide bonds. The Kier molecular flexibility index (Phi) is 38.4. The molecule has 0 heterocycles. The molecule has 0 aromatic carbocycles. The van der Waals surface area contributed by atoms with Crippen molar-refractivity contribution in [2.45, 2.75) is 13.8 Å². The molecule has 0 radical (unpaired) electrons. The normalized spacial score (nSPS) is 4.43. The van der Waals surface area contributed by atoms with Gasteiger partial charge < -0.3 is 0 Å². The van der Waals surface area contributed by atoms with Gasteiger partial charge in [0.2, 0.25) is 0 Å². The van der Waals surface area contributed by atoms with Crippen LogP contribution in [-0.4, -0.2) is 12.0 Å². The lowest BCUT2D eigenvalue weighted by atomic mass is 11.0. The number of rotatable bonds is 0. The summed E-state index contributed by atoms with van der Waals surface area (Å²) in [6, 6.07) is 0. The van der Waals surface area contributed by atoms with E-state index in [-0.39, 0.29) is 9.90 Å². The van der Waals surface area contributed by atoms with Crippen LogP contribution in [0.4, 0.5) is 0 Å². The van der Waals surface area contributed by atoms with Crippen molar-refractivity contribution in [3.8, 4) is 0 Å². The molecule has 1 unspecified atom stereocenters. The second-order valence-electron chi connectivity index (χ2n) is 0.440. The summed E-state index contributed by atoms with van der Waals surface area (Å²) in [5.41, 5.74) is 0. The number of nitrogens with zero attached hydrogens (tertiary/aromatic N) is 1. The van der Waals surface area contributed by atoms with Crippen molar-refractivity contribution in [2.24, 2.45) is 0 Å². The van der Waals surface area contributed by atoms with Crippen molar-refractivity contribution in [3.05, 3.63) is 10.1 Å². The largest absolute Gasteiger partial charge is 0.265 e. The molecular formula is C3H12NO2P. The molecule has 4 heteroatoms. The van der Waals surface area contributed by atoms with Gasteiger partial charge in [-0.1, -0.05) is 13.8 Å². The Bertz CT molecular complexity index is 35.9. The van der Waals surface area contributed by atoms with Crippen LogP contribution in [0.1, 0.15) is 13.8 Å². The van der Waals surface area contributed by atoms with E-state index >= 15 is 0 Å². The van der Waals surface area contributed by atoms with Crippen LogP contribution >= 0.6 is 9.90 Å². The Hall–Kier alpha value is -0.170. The van der Waals surface area contributed by atoms with E-state index in [4.69, 9.17) is 10.1 Å². The Labute approximate surface area is 46.9 Å². The van der Waals surface area contributed by atoms with Gasteiger partial charge in [0, 0.05) is 4.92 Å². The van der Waals surface area contributed by atoms with E-state index in [1.54, 1.807) is 0 Å². The lowest BCUT2D eigenvalue weighted by Gasteiger charge is -1.63. The highest BCUT2D eigenvalue weighted by Gasteiger charge is 1.57. The van der Waals surface area contributed by atoms with Gasteiger partial charge in [0.25, 0.3) is 0 Å². The van der Waals surface area contributed by atoms with E-state index in [0.29, 0.717) is 0 Å². The molecule has 0 aliphatic rings. The molecule has 0 aromatic heterocycles. The second kappa shape index (κ2) is 17.0. The maximum absolute atomic E-state index is 8.81. The van der Waals surface area contributed by atoms with Gasteiger partial charge >= 0.3 is 0 Å². The molecule has 3 nitrogen and oxygen atoms in total. The fourth-order valence-corrected chi connectivity index (χ4v) is 0. The highest BCUT2D eigenvalue weighted by Crippen LogP contribution is 1.39. The summed E-state index contributed by atoms with van der Waals surface area (Å²) in [6.45, 7) is 4.00. The first-order chi connectivity index (χ1) is 2.73. The molecule has 0 saturated heterocycles. The van der Waals surface area contributed by atoms with Crippen LogP contribution in [0.2, 0.25) is 0 Å². The minimum Gasteiger partial charge on any atom is -0.265 e. The summed E-state index contributed by atoms with van der Waals surface area (Å²) in [7, 11) is 0.889. The maximum atomic E-state index is 8.81. The van der Waals surface area contributed by atoms with Gasteiger partial charge in [-0.3, -0.25) is 10.1 Å². The Balaban J connectivity index is -0.0000000480. The van der Waals surface area contributed by atoms with E-state index in [2.05, 4.69) is 0 Å². The predicted octanol–water partition coefficient (Wildman–Crippen LogP) is 0.977. The van der Waals surface area contributed by atoms with Crippen LogP contribution in [0.15, 0.2) is 0 Å². The van der Waals surface area contributed by atoms with E-state index in [9.17, 15) is 0 Å². The van der Waals surface area contributed by atoms with Crippen molar-refractivity contribution >= 4 is 9.90 Å². The van der Waals surface area contributed by atoms with Gasteiger partial charge in [-0.25, -0.2) is 0 Å². The summed E-state index contributed by atoms with van der Waals surface area (Å²) in [4.78, 5) is 8.31. The Morgan fingerprint density at radius 3 is 1.43 bits per heavy atom. The molecule has 0 saturated carbocycles. The Morgan fingerprint density at radius 1 is 1.43 bits per heavy atom. The van der Waals surface area contributed by atoms with Crippen molar-refractivity contribution in [3.63, 3.8) is 0 Å². The summed E-state index contributed by atoms with van der Waals surface area (Å²) in [6.07, 6.45) is 0. The van der Waals surface area contributed by atoms with Crippen LogP contribution in [0, 0.1) is 10.1 Å². The van der Waals surface area contributed by atoms with Crippen molar-refractivity contribution in [2.75, 3.05) is 7.05 Å². The van der Waals surface area contributed by atoms with Gasteiger partial charge in [-0.2, -0.15) is 9.90 Å². The molecule has 0 fully saturated rings. The van der Waals surface area contributed by atoms with Crippen LogP contribution in [0.25, 0.3) is 0 Å². The first-order valence-electron chi connectivity index (χ1n) is 1.81. The SMILES string of the molecule is CC.C[N+](=O)[O-].P. The highest BCUT2D eigenvalue weighted by atomic mass is 31.0. The third-order valence-electron chi connectivity index (χ3n) is 0. The second-order valence-corrected chi connectivity index (χ2v) is 0.440. The zero-order valence-corrected chi connectivity index (χ0v) is 6.39. The average Bonchev–Trinajstić information content (AvgIpc) is 1.41. The van der Waals surface area contributed by atoms with Gasteiger partial charge in [-0.15, -0.1) is 0 Å². The first kappa shape index (κ1) is 15.8. The molecule has 7 heavy (non-hydrogen) atoms. The molecule has 0 N–H and O–H groups in total. The molecule has 0 aromatic rings. The monoisotopic (exact) mass is 125 g/mol. The molecule has 46 valence electrons. The number of hydrogen-bond donors (Lipinski definition) is 0. The highest BCUT2D eigenvalue weighted by molar-refractivity contribution is 6.92. The topological polar surface area (TPSA) is 43.1 Å². The van der Waals surface area contributed by atoms with E-state index in [1.165, 1.54) is 0 Å². The van der Waals surface area contributed by atoms with Crippen LogP contribution in [0.3, 0.4) is 0 Å². The lowest BCUT2D eigenvalue weighted by molar-refractivity contribution is -0.445. The maximum Gasteiger partial charge on any atom is 0.194 e. The summed E-state index contributed by atoms with van der Waals surface area (Å²) in [5.74, 6) is 0. The summed E-state index contributed by atoms with van der Waals surface area (Å²) < 4.78 is 0. The quantitative estimate of drug-likeness (QED) is 0.275. The van der Waals surface area contributed by atoms with E-state index in [0.717, 1.165) is 7.05 Å². The summed E-state index contributed by atoms with van der Waals surface area (Å²) >= 11 is 0. The van der Waals surface area contributed by atoms with Crippen molar-refractivity contribution in [1.29, 1.82) is 0 Å². The van der Waals surface area contributed by atoms with E-state index < -0.39 is 4.92 Å². The molecule has 0 aliphatic carbocycles. The third kappa shape index (κ3) is 2960. The fraction of sp³-hybridized carbons (Fsp3) is 1.00. The van der Waals surface area contributed by atoms with Gasteiger partial charge in [0.05, 0.1) is 0 Å². The molecule has 1 atom stereocenters. The van der Waals surface area contributed by atoms with Gasteiger partial charge in [-0.05, 0) is 0 Å². The minimum atomic E-state index is -0.500. The van der Waals surface area contributed by atoms with E-state index in [1.807, 2.05) is 13.8 Å². The number of hydrogen-bond acceptors (Lipinski definition) is 2. The lowest BCUT2D eigenvalue weighted by Crippen LogP contribution is -1.79. The van der Waals surface area contributed by atoms with Gasteiger partial charge in [0.15, 0.2) is 7.05 Å². The standard InChI is InChI=1S/C2H6.CH3NO2.H3P/c1-2;1-2(3)4;/h1-2H3;1H3;1H3. The van der Waals surface area contributed by atoms with Crippen LogP contribution in [0.5, 0.6) is 0 Å². The Morgan fingerprint density at radius 2 is 1.43 bits per heavy atom. The smallest absolute Gasteiger partial charge is 0.194 e. The number of nitro groups is 1. The molecule has 0 spiro atoms. The fourth-order valence-electron chi connectivity index (χ4n) is 0. The van der Waals surface area contributed by atoms with Crippen molar-refractivity contribution in [1.82, 2.24) is 0 Å². The molecular weight excluding hydrogens is 113 g/mol. The zero-order valence-electron chi connectivity index (χ0n) is 4.97. The average molecular weight is 125 g/mol. The molecule has 0 rings (SSSR count). The van der Waals surface area contributed by atoms with Crippen molar-refractivity contribution < 1.29 is 4.92 Å². The molecule has 0 aliphatic heterocycles. The first-order valence-corrected chi connectivity index (χ1v) is 1.81. The van der Waals surface area contributed by atoms with Gasteiger partial charge in [0.1, 0.15) is 0 Å². The molecule has 0 bridgehead atoms. The summed E-state index contributed by atoms with van der Waals surface area (Å²) in [5, 5.41) is 8.81. The zero-order chi connectivity index (χ0) is 5.58. The predicted molar refractivity (Wildman–Crippen MR) is 35.4 cm³/mol.